The summed E-state index contributed by atoms with van der Waals surface area (Å²) in [7, 11) is 0. The molecule has 1 N–H and O–H groups in total. The van der Waals surface area contributed by atoms with Gasteiger partial charge in [0.1, 0.15) is 17.3 Å². The zero-order valence-corrected chi connectivity index (χ0v) is 17.7. The number of hydrogen-bond acceptors (Lipinski definition) is 6. The molecule has 2 aromatic heterocycles. The maximum atomic E-state index is 13.4. The summed E-state index contributed by atoms with van der Waals surface area (Å²) in [5, 5.41) is 13.1. The van der Waals surface area contributed by atoms with Crippen LogP contribution in [-0.4, -0.2) is 56.5 Å². The molecule has 4 aromatic rings. The van der Waals surface area contributed by atoms with Gasteiger partial charge in [-0.05, 0) is 56.2 Å². The number of aromatic nitrogens is 4. The van der Waals surface area contributed by atoms with Gasteiger partial charge in [-0.1, -0.05) is 17.3 Å². The summed E-state index contributed by atoms with van der Waals surface area (Å²) < 4.78 is 20.2. The average Bonchev–Trinajstić information content (AvgIpc) is 3.24. The second-order valence-electron chi connectivity index (χ2n) is 7.76. The molecule has 8 nitrogen and oxygen atoms in total. The number of piperidine rings is 1. The van der Waals surface area contributed by atoms with Crippen LogP contribution in [0.25, 0.3) is 27.8 Å². The number of fused-ring (bicyclic) bond motifs is 3. The molecule has 9 heteroatoms. The van der Waals surface area contributed by atoms with Crippen LogP contribution in [0.3, 0.4) is 0 Å². The Labute approximate surface area is 184 Å². The van der Waals surface area contributed by atoms with Crippen LogP contribution in [0.2, 0.25) is 0 Å². The third kappa shape index (κ3) is 3.70. The zero-order chi connectivity index (χ0) is 22.1. The summed E-state index contributed by atoms with van der Waals surface area (Å²) in [6.45, 7) is 3.45. The number of anilines is 1. The Balaban J connectivity index is 1.48. The van der Waals surface area contributed by atoms with E-state index in [-0.39, 0.29) is 18.0 Å². The van der Waals surface area contributed by atoms with Crippen LogP contribution in [0.1, 0.15) is 19.8 Å². The highest BCUT2D eigenvalue weighted by molar-refractivity contribution is 5.93. The SMILES string of the molecule is CCOC(=O)N1CCC(Nc2nc3c(-c4ccc(F)cc4)nnn3c3ccccc23)CC1. The van der Waals surface area contributed by atoms with Gasteiger partial charge in [-0.2, -0.15) is 4.52 Å². The van der Waals surface area contributed by atoms with E-state index in [2.05, 4.69) is 15.6 Å². The molecule has 0 saturated carbocycles. The molecule has 0 atom stereocenters. The number of benzene rings is 2. The first-order valence-electron chi connectivity index (χ1n) is 10.7. The van der Waals surface area contributed by atoms with E-state index in [0.29, 0.717) is 31.0 Å². The van der Waals surface area contributed by atoms with E-state index >= 15 is 0 Å². The Morgan fingerprint density at radius 1 is 1.16 bits per heavy atom. The van der Waals surface area contributed by atoms with Gasteiger partial charge in [-0.25, -0.2) is 14.2 Å². The molecule has 2 aromatic carbocycles. The number of ether oxygens (including phenoxy) is 1. The van der Waals surface area contributed by atoms with Gasteiger partial charge < -0.3 is 15.0 Å². The molecule has 1 aliphatic heterocycles. The van der Waals surface area contributed by atoms with Crippen molar-refractivity contribution in [2.24, 2.45) is 0 Å². The van der Waals surface area contributed by atoms with E-state index in [1.54, 1.807) is 21.5 Å². The summed E-state index contributed by atoms with van der Waals surface area (Å²) in [5.74, 6) is 0.438. The number of carbonyl (C=O) groups excluding carboxylic acids is 1. The molecule has 0 radical (unpaired) electrons. The van der Waals surface area contributed by atoms with Crippen LogP contribution < -0.4 is 5.32 Å². The highest BCUT2D eigenvalue weighted by Crippen LogP contribution is 2.29. The third-order valence-corrected chi connectivity index (χ3v) is 5.73. The summed E-state index contributed by atoms with van der Waals surface area (Å²) in [6, 6.07) is 14.2. The van der Waals surface area contributed by atoms with Crippen molar-refractivity contribution in [1.82, 2.24) is 24.7 Å². The largest absolute Gasteiger partial charge is 0.450 e. The van der Waals surface area contributed by atoms with Crippen LogP contribution in [0, 0.1) is 5.82 Å². The monoisotopic (exact) mass is 434 g/mol. The zero-order valence-electron chi connectivity index (χ0n) is 17.7. The Kier molecular flexibility index (Phi) is 5.30. The van der Waals surface area contributed by atoms with Crippen LogP contribution in [0.4, 0.5) is 15.0 Å². The Morgan fingerprint density at radius 3 is 2.66 bits per heavy atom. The number of nitrogens with zero attached hydrogens (tertiary/aromatic N) is 5. The number of rotatable bonds is 4. The number of nitrogens with one attached hydrogen (secondary N) is 1. The van der Waals surface area contributed by atoms with Gasteiger partial charge >= 0.3 is 6.09 Å². The minimum absolute atomic E-state index is 0.171. The van der Waals surface area contributed by atoms with E-state index in [9.17, 15) is 9.18 Å². The van der Waals surface area contributed by atoms with Crippen LogP contribution in [0.5, 0.6) is 0 Å². The molecular formula is C23H23FN6O2. The Hall–Kier alpha value is -3.75. The number of para-hydroxylation sites is 1. The molecule has 1 fully saturated rings. The van der Waals surface area contributed by atoms with E-state index < -0.39 is 0 Å². The molecule has 0 spiro atoms. The summed E-state index contributed by atoms with van der Waals surface area (Å²) in [6.07, 6.45) is 1.33. The molecule has 0 aliphatic carbocycles. The normalized spacial score (nSPS) is 14.8. The molecule has 164 valence electrons. The van der Waals surface area contributed by atoms with Crippen molar-refractivity contribution in [1.29, 1.82) is 0 Å². The molecular weight excluding hydrogens is 411 g/mol. The fourth-order valence-electron chi connectivity index (χ4n) is 4.08. The van der Waals surface area contributed by atoms with Crippen LogP contribution in [0.15, 0.2) is 48.5 Å². The van der Waals surface area contributed by atoms with Crippen molar-refractivity contribution in [3.05, 3.63) is 54.3 Å². The van der Waals surface area contributed by atoms with Gasteiger partial charge in [0.2, 0.25) is 0 Å². The van der Waals surface area contributed by atoms with Crippen molar-refractivity contribution < 1.29 is 13.9 Å². The highest BCUT2D eigenvalue weighted by atomic mass is 19.1. The number of hydrogen-bond donors (Lipinski definition) is 1. The van der Waals surface area contributed by atoms with E-state index in [1.165, 1.54) is 12.1 Å². The molecule has 0 bridgehead atoms. The Bertz CT molecular complexity index is 1260. The lowest BCUT2D eigenvalue weighted by atomic mass is 10.1. The maximum Gasteiger partial charge on any atom is 0.409 e. The summed E-state index contributed by atoms with van der Waals surface area (Å²) in [4.78, 5) is 18.6. The molecule has 1 saturated heterocycles. The number of carbonyl (C=O) groups is 1. The van der Waals surface area contributed by atoms with Gasteiger partial charge in [0.25, 0.3) is 0 Å². The van der Waals surface area contributed by atoms with Crippen LogP contribution >= 0.6 is 0 Å². The first kappa shape index (κ1) is 20.2. The Morgan fingerprint density at radius 2 is 1.91 bits per heavy atom. The highest BCUT2D eigenvalue weighted by Gasteiger charge is 2.25. The van der Waals surface area contributed by atoms with Crippen molar-refractivity contribution in [3.63, 3.8) is 0 Å². The average molecular weight is 434 g/mol. The van der Waals surface area contributed by atoms with E-state index in [4.69, 9.17) is 9.72 Å². The third-order valence-electron chi connectivity index (χ3n) is 5.73. The van der Waals surface area contributed by atoms with Crippen molar-refractivity contribution in [2.75, 3.05) is 25.0 Å². The standard InChI is InChI=1S/C23H23FN6O2/c1-2-32-23(31)29-13-11-17(12-14-29)25-21-18-5-3-4-6-19(18)30-22(26-21)20(27-28-30)15-7-9-16(24)10-8-15/h3-10,17H,2,11-14H2,1H3,(H,25,26). The number of likely N-dealkylation sites (tertiary alicyclic amines) is 1. The van der Waals surface area contributed by atoms with Crippen molar-refractivity contribution >= 4 is 28.5 Å². The predicted molar refractivity (Wildman–Crippen MR) is 119 cm³/mol. The summed E-state index contributed by atoms with van der Waals surface area (Å²) in [5.41, 5.74) is 2.82. The van der Waals surface area contributed by atoms with Gasteiger partial charge in [0.05, 0.1) is 12.1 Å². The van der Waals surface area contributed by atoms with Gasteiger partial charge in [-0.3, -0.25) is 0 Å². The first-order valence-corrected chi connectivity index (χ1v) is 10.7. The molecule has 3 heterocycles. The smallest absolute Gasteiger partial charge is 0.409 e. The number of halogens is 1. The van der Waals surface area contributed by atoms with Gasteiger partial charge in [0, 0.05) is 30.1 Å². The molecule has 0 unspecified atom stereocenters. The topological polar surface area (TPSA) is 84.6 Å². The second-order valence-corrected chi connectivity index (χ2v) is 7.76. The van der Waals surface area contributed by atoms with Gasteiger partial charge in [-0.15, -0.1) is 5.10 Å². The molecule has 5 rings (SSSR count). The maximum absolute atomic E-state index is 13.4. The molecule has 1 amide bonds. The van der Waals surface area contributed by atoms with Gasteiger partial charge in [0.15, 0.2) is 5.65 Å². The van der Waals surface area contributed by atoms with Crippen molar-refractivity contribution in [3.8, 4) is 11.3 Å². The predicted octanol–water partition coefficient (Wildman–Crippen LogP) is 4.12. The lowest BCUT2D eigenvalue weighted by Crippen LogP contribution is -2.42. The number of amides is 1. The summed E-state index contributed by atoms with van der Waals surface area (Å²) >= 11 is 0. The minimum atomic E-state index is -0.305. The molecule has 1 aliphatic rings. The van der Waals surface area contributed by atoms with E-state index in [1.807, 2.05) is 31.2 Å². The van der Waals surface area contributed by atoms with Crippen LogP contribution in [-0.2, 0) is 4.74 Å². The lowest BCUT2D eigenvalue weighted by Gasteiger charge is -2.32. The quantitative estimate of drug-likeness (QED) is 0.520. The van der Waals surface area contributed by atoms with E-state index in [0.717, 1.165) is 35.1 Å². The fourth-order valence-corrected chi connectivity index (χ4v) is 4.08. The fraction of sp³-hybridized carbons (Fsp3) is 0.304. The second kappa shape index (κ2) is 8.41. The first-order chi connectivity index (χ1) is 15.6. The minimum Gasteiger partial charge on any atom is -0.450 e. The lowest BCUT2D eigenvalue weighted by molar-refractivity contribution is 0.0983. The molecule has 32 heavy (non-hydrogen) atoms. The van der Waals surface area contributed by atoms with Crippen molar-refractivity contribution in [2.45, 2.75) is 25.8 Å².